The largest absolute Gasteiger partial charge is 0.356 e. The van der Waals surface area contributed by atoms with Gasteiger partial charge in [-0.05, 0) is 68.1 Å². The molecule has 33 heavy (non-hydrogen) atoms. The number of hydrogen-bond acceptors (Lipinski definition) is 5. The Morgan fingerprint density at radius 1 is 1.21 bits per heavy atom. The first-order valence-electron chi connectivity index (χ1n) is 11.0. The molecule has 1 aromatic heterocycles. The Morgan fingerprint density at radius 3 is 2.82 bits per heavy atom. The van der Waals surface area contributed by atoms with Crippen LogP contribution in [0.15, 0.2) is 47.0 Å². The fourth-order valence-electron chi connectivity index (χ4n) is 4.00. The maximum absolute atomic E-state index is 13.0. The average molecular weight is 491 g/mol. The predicted molar refractivity (Wildman–Crippen MR) is 125 cm³/mol. The minimum Gasteiger partial charge on any atom is -0.356 e. The van der Waals surface area contributed by atoms with Gasteiger partial charge in [0.2, 0.25) is 17.6 Å². The second-order valence-electron chi connectivity index (χ2n) is 8.23. The average Bonchev–Trinajstić information content (AvgIpc) is 3.26. The first kappa shape index (κ1) is 23.7. The summed E-state index contributed by atoms with van der Waals surface area (Å²) < 4.78 is 18.4. The highest BCUT2D eigenvalue weighted by atomic mass is 35.5. The Morgan fingerprint density at radius 2 is 2.03 bits per heavy atom. The number of benzene rings is 2. The van der Waals surface area contributed by atoms with E-state index in [4.69, 9.17) is 27.7 Å². The Bertz CT molecular complexity index is 1090. The lowest BCUT2D eigenvalue weighted by Crippen LogP contribution is -2.43. The molecule has 3 aromatic rings. The SMILES string of the molecule is O=C(NCCCc1ccc(F)cc1)C1CCCN(Cc2nc(-c3ccc(Cl)cc3Cl)no2)C1. The van der Waals surface area contributed by atoms with Crippen molar-refractivity contribution >= 4 is 29.1 Å². The highest BCUT2D eigenvalue weighted by Gasteiger charge is 2.26. The Labute approximate surface area is 202 Å². The van der Waals surface area contributed by atoms with Crippen molar-refractivity contribution in [2.24, 2.45) is 5.92 Å². The maximum atomic E-state index is 13.0. The second kappa shape index (κ2) is 11.1. The third-order valence-corrected chi connectivity index (χ3v) is 6.28. The molecule has 1 aliphatic heterocycles. The van der Waals surface area contributed by atoms with Crippen molar-refractivity contribution in [3.05, 3.63) is 69.8 Å². The third-order valence-electron chi connectivity index (χ3n) is 5.73. The number of aromatic nitrogens is 2. The van der Waals surface area contributed by atoms with E-state index in [-0.39, 0.29) is 17.6 Å². The standard InChI is InChI=1S/C24H25Cl2FN4O2/c25-18-7-10-20(21(26)13-18)23-29-22(33-30-23)15-31-12-2-4-17(14-31)24(32)28-11-1-3-16-5-8-19(27)9-6-16/h5-10,13,17H,1-4,11-12,14-15H2,(H,28,32). The molecule has 174 valence electrons. The molecule has 2 heterocycles. The van der Waals surface area contributed by atoms with Gasteiger partial charge in [0.15, 0.2) is 0 Å². The first-order valence-corrected chi connectivity index (χ1v) is 11.8. The molecule has 9 heteroatoms. The molecule has 0 aliphatic carbocycles. The molecule has 6 nitrogen and oxygen atoms in total. The number of rotatable bonds is 8. The van der Waals surface area contributed by atoms with E-state index in [2.05, 4.69) is 20.4 Å². The molecule has 0 saturated carbocycles. The lowest BCUT2D eigenvalue weighted by atomic mass is 9.97. The van der Waals surface area contributed by atoms with E-state index in [1.165, 1.54) is 12.1 Å². The maximum Gasteiger partial charge on any atom is 0.241 e. The zero-order valence-corrected chi connectivity index (χ0v) is 19.6. The van der Waals surface area contributed by atoms with Gasteiger partial charge in [-0.25, -0.2) is 4.39 Å². The van der Waals surface area contributed by atoms with Crippen LogP contribution in [0, 0.1) is 11.7 Å². The smallest absolute Gasteiger partial charge is 0.241 e. The van der Waals surface area contributed by atoms with Gasteiger partial charge in [0.1, 0.15) is 5.82 Å². The number of carbonyl (C=O) groups excluding carboxylic acids is 1. The van der Waals surface area contributed by atoms with E-state index in [9.17, 15) is 9.18 Å². The molecule has 1 atom stereocenters. The van der Waals surface area contributed by atoms with E-state index in [0.717, 1.165) is 37.8 Å². The van der Waals surface area contributed by atoms with Gasteiger partial charge in [0.05, 0.1) is 17.5 Å². The number of hydrogen-bond donors (Lipinski definition) is 1. The number of likely N-dealkylation sites (tertiary alicyclic amines) is 1. The van der Waals surface area contributed by atoms with Crippen molar-refractivity contribution in [2.75, 3.05) is 19.6 Å². The van der Waals surface area contributed by atoms with Crippen molar-refractivity contribution in [2.45, 2.75) is 32.2 Å². The number of amides is 1. The van der Waals surface area contributed by atoms with Crippen LogP contribution in [-0.2, 0) is 17.8 Å². The van der Waals surface area contributed by atoms with Gasteiger partial charge in [-0.15, -0.1) is 0 Å². The molecule has 0 spiro atoms. The van der Waals surface area contributed by atoms with Gasteiger partial charge >= 0.3 is 0 Å². The predicted octanol–water partition coefficient (Wildman–Crippen LogP) is 5.14. The van der Waals surface area contributed by atoms with Gasteiger partial charge < -0.3 is 9.84 Å². The van der Waals surface area contributed by atoms with E-state index in [1.807, 2.05) is 0 Å². The van der Waals surface area contributed by atoms with Crippen LogP contribution in [0.4, 0.5) is 4.39 Å². The first-order chi connectivity index (χ1) is 16.0. The van der Waals surface area contributed by atoms with E-state index >= 15 is 0 Å². The van der Waals surface area contributed by atoms with Crippen LogP contribution in [0.1, 0.15) is 30.7 Å². The lowest BCUT2D eigenvalue weighted by Gasteiger charge is -2.30. The highest BCUT2D eigenvalue weighted by Crippen LogP contribution is 2.28. The van der Waals surface area contributed by atoms with Gasteiger partial charge in [-0.1, -0.05) is 40.5 Å². The van der Waals surface area contributed by atoms with Crippen molar-refractivity contribution in [3.8, 4) is 11.4 Å². The lowest BCUT2D eigenvalue weighted by molar-refractivity contribution is -0.126. The summed E-state index contributed by atoms with van der Waals surface area (Å²) >= 11 is 12.2. The van der Waals surface area contributed by atoms with E-state index < -0.39 is 0 Å². The van der Waals surface area contributed by atoms with Crippen LogP contribution in [-0.4, -0.2) is 40.6 Å². The van der Waals surface area contributed by atoms with Gasteiger partial charge in [-0.2, -0.15) is 4.98 Å². The number of carbonyl (C=O) groups is 1. The fraction of sp³-hybridized carbons (Fsp3) is 0.375. The van der Waals surface area contributed by atoms with Gasteiger partial charge in [0.25, 0.3) is 0 Å². The molecular weight excluding hydrogens is 466 g/mol. The summed E-state index contributed by atoms with van der Waals surface area (Å²) in [5.74, 6) is 0.658. The molecule has 1 amide bonds. The number of nitrogens with zero attached hydrogens (tertiary/aromatic N) is 3. The molecule has 0 radical (unpaired) electrons. The third kappa shape index (κ3) is 6.53. The van der Waals surface area contributed by atoms with Crippen LogP contribution >= 0.6 is 23.2 Å². The molecule has 2 aromatic carbocycles. The molecule has 1 unspecified atom stereocenters. The molecule has 1 N–H and O–H groups in total. The molecule has 1 saturated heterocycles. The van der Waals surface area contributed by atoms with Crippen LogP contribution in [0.3, 0.4) is 0 Å². The molecular formula is C24H25Cl2FN4O2. The molecule has 1 fully saturated rings. The van der Waals surface area contributed by atoms with Crippen molar-refractivity contribution in [3.63, 3.8) is 0 Å². The van der Waals surface area contributed by atoms with Crippen LogP contribution in [0.5, 0.6) is 0 Å². The number of aryl methyl sites for hydroxylation is 1. The summed E-state index contributed by atoms with van der Waals surface area (Å²) in [5, 5.41) is 8.08. The number of nitrogens with one attached hydrogen (secondary N) is 1. The fourth-order valence-corrected chi connectivity index (χ4v) is 4.50. The monoisotopic (exact) mass is 490 g/mol. The summed E-state index contributed by atoms with van der Waals surface area (Å²) in [6, 6.07) is 11.6. The zero-order chi connectivity index (χ0) is 23.2. The minimum absolute atomic E-state index is 0.0676. The quantitative estimate of drug-likeness (QED) is 0.442. The van der Waals surface area contributed by atoms with Crippen molar-refractivity contribution in [1.82, 2.24) is 20.4 Å². The van der Waals surface area contributed by atoms with Gasteiger partial charge in [0, 0.05) is 23.7 Å². The van der Waals surface area contributed by atoms with E-state index in [0.29, 0.717) is 47.0 Å². The molecule has 0 bridgehead atoms. The Kier molecular flexibility index (Phi) is 7.96. The van der Waals surface area contributed by atoms with Gasteiger partial charge in [-0.3, -0.25) is 9.69 Å². The van der Waals surface area contributed by atoms with Crippen LogP contribution < -0.4 is 5.32 Å². The summed E-state index contributed by atoms with van der Waals surface area (Å²) in [6.07, 6.45) is 3.40. The summed E-state index contributed by atoms with van der Waals surface area (Å²) in [5.41, 5.74) is 1.72. The summed E-state index contributed by atoms with van der Waals surface area (Å²) in [6.45, 7) is 2.59. The topological polar surface area (TPSA) is 71.3 Å². The normalized spacial score (nSPS) is 16.6. The van der Waals surface area contributed by atoms with Crippen molar-refractivity contribution < 1.29 is 13.7 Å². The number of halogens is 3. The van der Waals surface area contributed by atoms with Crippen LogP contribution in [0.2, 0.25) is 10.0 Å². The second-order valence-corrected chi connectivity index (χ2v) is 9.07. The zero-order valence-electron chi connectivity index (χ0n) is 18.1. The molecule has 1 aliphatic rings. The van der Waals surface area contributed by atoms with Crippen LogP contribution in [0.25, 0.3) is 11.4 Å². The molecule has 4 rings (SSSR count). The number of piperidine rings is 1. The van der Waals surface area contributed by atoms with E-state index in [1.54, 1.807) is 30.3 Å². The Balaban J connectivity index is 1.25. The Hall–Kier alpha value is -2.48. The highest BCUT2D eigenvalue weighted by molar-refractivity contribution is 6.36. The van der Waals surface area contributed by atoms with Crippen molar-refractivity contribution in [1.29, 1.82) is 0 Å². The summed E-state index contributed by atoms with van der Waals surface area (Å²) in [7, 11) is 0. The summed E-state index contributed by atoms with van der Waals surface area (Å²) in [4.78, 5) is 19.3. The minimum atomic E-state index is -0.237.